The molecule has 6 heteroatoms. The third kappa shape index (κ3) is 5.59. The Bertz CT molecular complexity index is 410. The lowest BCUT2D eigenvalue weighted by molar-refractivity contribution is -0.139. The number of rotatable bonds is 6. The minimum absolute atomic E-state index is 0. The van der Waals surface area contributed by atoms with E-state index in [0.717, 1.165) is 12.5 Å². The number of alkyl halides is 3. The van der Waals surface area contributed by atoms with Crippen LogP contribution in [0.5, 0.6) is 5.75 Å². The van der Waals surface area contributed by atoms with Crippen LogP contribution in [-0.4, -0.2) is 12.6 Å². The number of halogens is 4. The van der Waals surface area contributed by atoms with Crippen molar-refractivity contribution in [1.82, 2.24) is 0 Å². The molecule has 0 aliphatic carbocycles. The fraction of sp³-hybridized carbons (Fsp3) is 0.571. The van der Waals surface area contributed by atoms with E-state index in [4.69, 9.17) is 10.5 Å². The Balaban J connectivity index is 0.00000361. The first kappa shape index (κ1) is 19.1. The van der Waals surface area contributed by atoms with Crippen LogP contribution in [0.2, 0.25) is 0 Å². The third-order valence-electron chi connectivity index (χ3n) is 2.83. The molecule has 116 valence electrons. The van der Waals surface area contributed by atoms with Crippen molar-refractivity contribution in [2.24, 2.45) is 5.73 Å². The van der Waals surface area contributed by atoms with Crippen LogP contribution in [0.25, 0.3) is 0 Å². The van der Waals surface area contributed by atoms with Gasteiger partial charge in [-0.25, -0.2) is 0 Å². The molecule has 0 aromatic heterocycles. The van der Waals surface area contributed by atoms with Crippen molar-refractivity contribution in [3.8, 4) is 5.75 Å². The summed E-state index contributed by atoms with van der Waals surface area (Å²) in [5, 5.41) is 0. The van der Waals surface area contributed by atoms with Crippen LogP contribution in [0.4, 0.5) is 13.2 Å². The number of benzene rings is 1. The van der Waals surface area contributed by atoms with Crippen molar-refractivity contribution in [3.05, 3.63) is 29.3 Å². The highest BCUT2D eigenvalue weighted by molar-refractivity contribution is 5.85. The molecule has 0 aliphatic rings. The van der Waals surface area contributed by atoms with E-state index in [1.807, 2.05) is 13.8 Å². The highest BCUT2D eigenvalue weighted by atomic mass is 35.5. The van der Waals surface area contributed by atoms with E-state index in [9.17, 15) is 13.2 Å². The van der Waals surface area contributed by atoms with Crippen LogP contribution in [0.1, 0.15) is 37.8 Å². The minimum atomic E-state index is -4.41. The Morgan fingerprint density at radius 1 is 1.25 bits per heavy atom. The van der Waals surface area contributed by atoms with E-state index < -0.39 is 11.7 Å². The van der Waals surface area contributed by atoms with Crippen molar-refractivity contribution in [2.45, 2.75) is 45.3 Å². The van der Waals surface area contributed by atoms with Crippen LogP contribution in [0, 0.1) is 0 Å². The molecule has 0 amide bonds. The fourth-order valence-electron chi connectivity index (χ4n) is 1.71. The first-order valence-corrected chi connectivity index (χ1v) is 6.47. The van der Waals surface area contributed by atoms with Gasteiger partial charge in [0.2, 0.25) is 0 Å². The number of ether oxygens (including phenoxy) is 1. The topological polar surface area (TPSA) is 35.2 Å². The molecule has 2 nitrogen and oxygen atoms in total. The van der Waals surface area contributed by atoms with Gasteiger partial charge in [-0.2, -0.15) is 13.2 Å². The lowest BCUT2D eigenvalue weighted by Crippen LogP contribution is -2.21. The zero-order chi connectivity index (χ0) is 14.5. The molecule has 0 bridgehead atoms. The highest BCUT2D eigenvalue weighted by Crippen LogP contribution is 2.37. The van der Waals surface area contributed by atoms with Gasteiger partial charge < -0.3 is 10.5 Å². The second-order valence-corrected chi connectivity index (χ2v) is 4.55. The Morgan fingerprint density at radius 3 is 2.40 bits per heavy atom. The maximum Gasteiger partial charge on any atom is 0.419 e. The molecule has 0 aliphatic heterocycles. The third-order valence-corrected chi connectivity index (χ3v) is 2.83. The zero-order valence-corrected chi connectivity index (χ0v) is 12.5. The first-order valence-electron chi connectivity index (χ1n) is 6.47. The Kier molecular flexibility index (Phi) is 7.98. The second kappa shape index (κ2) is 8.37. The summed E-state index contributed by atoms with van der Waals surface area (Å²) in [5.74, 6) is -0.108. The van der Waals surface area contributed by atoms with Gasteiger partial charge in [0.05, 0.1) is 12.2 Å². The predicted octanol–water partition coefficient (Wildman–Crippen LogP) is 4.20. The van der Waals surface area contributed by atoms with Crippen molar-refractivity contribution < 1.29 is 17.9 Å². The normalized spacial score (nSPS) is 12.7. The van der Waals surface area contributed by atoms with Crippen LogP contribution in [0.3, 0.4) is 0 Å². The Hall–Kier alpha value is -0.940. The van der Waals surface area contributed by atoms with Crippen LogP contribution >= 0.6 is 12.4 Å². The maximum atomic E-state index is 13.0. The molecule has 0 spiro atoms. The van der Waals surface area contributed by atoms with E-state index >= 15 is 0 Å². The molecule has 1 unspecified atom stereocenters. The van der Waals surface area contributed by atoms with Gasteiger partial charge in [0.1, 0.15) is 5.75 Å². The van der Waals surface area contributed by atoms with Gasteiger partial charge in [0, 0.05) is 6.04 Å². The SMILES string of the molecule is CCCOc1ccc(CC(N)CC)cc1C(F)(F)F.Cl. The summed E-state index contributed by atoms with van der Waals surface area (Å²) < 4.78 is 44.0. The molecule has 1 atom stereocenters. The largest absolute Gasteiger partial charge is 0.493 e. The number of nitrogens with two attached hydrogens (primary N) is 1. The van der Waals surface area contributed by atoms with Crippen LogP contribution < -0.4 is 10.5 Å². The maximum absolute atomic E-state index is 13.0. The molecule has 20 heavy (non-hydrogen) atoms. The molecule has 1 aromatic rings. The molecule has 2 N–H and O–H groups in total. The average Bonchev–Trinajstić information content (AvgIpc) is 2.35. The van der Waals surface area contributed by atoms with E-state index in [1.54, 1.807) is 6.07 Å². The average molecular weight is 312 g/mol. The van der Waals surface area contributed by atoms with Crippen LogP contribution in [0.15, 0.2) is 18.2 Å². The Morgan fingerprint density at radius 2 is 1.90 bits per heavy atom. The van der Waals surface area contributed by atoms with Gasteiger partial charge >= 0.3 is 6.18 Å². The summed E-state index contributed by atoms with van der Waals surface area (Å²) in [6, 6.07) is 4.05. The standard InChI is InChI=1S/C14H20F3NO.ClH/c1-3-7-19-13-6-5-10(8-11(18)4-2)9-12(13)14(15,16)17;/h5-6,9,11H,3-4,7-8,18H2,1-2H3;1H. The van der Waals surface area contributed by atoms with Gasteiger partial charge in [-0.1, -0.05) is 19.9 Å². The van der Waals surface area contributed by atoms with Gasteiger partial charge in [-0.15, -0.1) is 12.4 Å². The predicted molar refractivity (Wildman–Crippen MR) is 76.4 cm³/mol. The van der Waals surface area contributed by atoms with Crippen molar-refractivity contribution in [2.75, 3.05) is 6.61 Å². The first-order chi connectivity index (χ1) is 8.88. The lowest BCUT2D eigenvalue weighted by atomic mass is 10.0. The molecular weight excluding hydrogens is 291 g/mol. The summed E-state index contributed by atoms with van der Waals surface area (Å²) in [6.45, 7) is 4.03. The van der Waals surface area contributed by atoms with Gasteiger partial charge in [-0.05, 0) is 37.0 Å². The van der Waals surface area contributed by atoms with Crippen molar-refractivity contribution >= 4 is 12.4 Å². The highest BCUT2D eigenvalue weighted by Gasteiger charge is 2.34. The molecular formula is C14H21ClF3NO. The molecule has 0 saturated carbocycles. The van der Waals surface area contributed by atoms with Crippen molar-refractivity contribution in [3.63, 3.8) is 0 Å². The summed E-state index contributed by atoms with van der Waals surface area (Å²) in [7, 11) is 0. The van der Waals surface area contributed by atoms with E-state index in [1.165, 1.54) is 6.07 Å². The smallest absolute Gasteiger partial charge is 0.419 e. The molecule has 1 aromatic carbocycles. The van der Waals surface area contributed by atoms with E-state index in [-0.39, 0.29) is 30.8 Å². The molecule has 0 fully saturated rings. The van der Waals surface area contributed by atoms with Crippen molar-refractivity contribution in [1.29, 1.82) is 0 Å². The summed E-state index contributed by atoms with van der Waals surface area (Å²) in [6.07, 6.45) is -2.57. The van der Waals surface area contributed by atoms with Gasteiger partial charge in [0.25, 0.3) is 0 Å². The molecule has 0 heterocycles. The quantitative estimate of drug-likeness (QED) is 0.854. The van der Waals surface area contributed by atoms with Gasteiger partial charge in [-0.3, -0.25) is 0 Å². The molecule has 0 saturated heterocycles. The molecule has 1 rings (SSSR count). The second-order valence-electron chi connectivity index (χ2n) is 4.55. The number of hydrogen-bond donors (Lipinski definition) is 1. The zero-order valence-electron chi connectivity index (χ0n) is 11.7. The van der Waals surface area contributed by atoms with Gasteiger partial charge in [0.15, 0.2) is 0 Å². The van der Waals surface area contributed by atoms with E-state index in [2.05, 4.69) is 0 Å². The van der Waals surface area contributed by atoms with E-state index in [0.29, 0.717) is 18.4 Å². The number of hydrogen-bond acceptors (Lipinski definition) is 2. The summed E-state index contributed by atoms with van der Waals surface area (Å²) >= 11 is 0. The molecule has 0 radical (unpaired) electrons. The summed E-state index contributed by atoms with van der Waals surface area (Å²) in [4.78, 5) is 0. The Labute approximate surface area is 123 Å². The minimum Gasteiger partial charge on any atom is -0.493 e. The lowest BCUT2D eigenvalue weighted by Gasteiger charge is -2.16. The monoisotopic (exact) mass is 311 g/mol. The summed E-state index contributed by atoms with van der Waals surface area (Å²) in [5.41, 5.74) is 5.64. The fourth-order valence-corrected chi connectivity index (χ4v) is 1.71. The van der Waals surface area contributed by atoms with Crippen LogP contribution in [-0.2, 0) is 12.6 Å².